The van der Waals surface area contributed by atoms with Crippen LogP contribution in [0, 0.1) is 5.92 Å². The molecule has 3 heterocycles. The molecule has 0 saturated carbocycles. The molecule has 8 nitrogen and oxygen atoms in total. The minimum atomic E-state index is -0.683. The van der Waals surface area contributed by atoms with Crippen molar-refractivity contribution in [3.8, 4) is 5.75 Å². The maximum atomic E-state index is 13.2. The number of carbonyl (C=O) groups is 1. The Labute approximate surface area is 180 Å². The summed E-state index contributed by atoms with van der Waals surface area (Å²) in [5, 5.41) is 13.9. The molecule has 3 aromatic rings. The maximum Gasteiger partial charge on any atom is 0.267 e. The van der Waals surface area contributed by atoms with E-state index in [-0.39, 0.29) is 17.2 Å². The van der Waals surface area contributed by atoms with Gasteiger partial charge in [-0.25, -0.2) is 4.98 Å². The van der Waals surface area contributed by atoms with Crippen molar-refractivity contribution in [2.75, 3.05) is 36.5 Å². The number of aromatic nitrogens is 2. The van der Waals surface area contributed by atoms with Gasteiger partial charge in [-0.2, -0.15) is 0 Å². The number of fused-ring (bicyclic) bond motifs is 1. The van der Waals surface area contributed by atoms with E-state index >= 15 is 0 Å². The zero-order chi connectivity index (χ0) is 22.0. The molecule has 1 aliphatic rings. The van der Waals surface area contributed by atoms with E-state index in [9.17, 15) is 14.7 Å². The van der Waals surface area contributed by atoms with Crippen LogP contribution in [-0.2, 0) is 11.3 Å². The van der Waals surface area contributed by atoms with Crippen LogP contribution in [0.3, 0.4) is 0 Å². The Bertz CT molecular complexity index is 1170. The number of hydrogen-bond acceptors (Lipinski definition) is 6. The van der Waals surface area contributed by atoms with Crippen LogP contribution in [0.1, 0.15) is 24.2 Å². The molecule has 0 atom stereocenters. The lowest BCUT2D eigenvalue weighted by Crippen LogP contribution is -2.36. The van der Waals surface area contributed by atoms with Crippen molar-refractivity contribution in [3.63, 3.8) is 0 Å². The summed E-state index contributed by atoms with van der Waals surface area (Å²) in [5.74, 6) is -0.496. The van der Waals surface area contributed by atoms with Crippen LogP contribution >= 0.6 is 0 Å². The minimum Gasteiger partial charge on any atom is -0.506 e. The summed E-state index contributed by atoms with van der Waals surface area (Å²) in [5.41, 5.74) is 0.709. The number of anilines is 2. The highest BCUT2D eigenvalue weighted by Gasteiger charge is 2.23. The second-order valence-electron chi connectivity index (χ2n) is 8.00. The van der Waals surface area contributed by atoms with Gasteiger partial charge in [0.1, 0.15) is 17.1 Å². The fourth-order valence-corrected chi connectivity index (χ4v) is 3.83. The fraction of sp³-hybridized carbons (Fsp3) is 0.348. The molecule has 0 spiro atoms. The van der Waals surface area contributed by atoms with Gasteiger partial charge in [0.25, 0.3) is 11.5 Å². The lowest BCUT2D eigenvalue weighted by Gasteiger charge is -2.28. The second-order valence-corrected chi connectivity index (χ2v) is 8.00. The van der Waals surface area contributed by atoms with E-state index in [1.807, 2.05) is 19.9 Å². The van der Waals surface area contributed by atoms with Crippen molar-refractivity contribution < 1.29 is 14.6 Å². The lowest BCUT2D eigenvalue weighted by molar-refractivity contribution is 0.102. The molecule has 1 aromatic carbocycles. The van der Waals surface area contributed by atoms with Gasteiger partial charge in [0.05, 0.1) is 18.7 Å². The summed E-state index contributed by atoms with van der Waals surface area (Å²) in [7, 11) is 0. The molecule has 1 aliphatic heterocycles. The van der Waals surface area contributed by atoms with Crippen molar-refractivity contribution in [3.05, 3.63) is 58.5 Å². The van der Waals surface area contributed by atoms with Crippen molar-refractivity contribution >= 4 is 28.3 Å². The van der Waals surface area contributed by atoms with E-state index in [2.05, 4.69) is 15.2 Å². The van der Waals surface area contributed by atoms with E-state index in [0.717, 1.165) is 18.8 Å². The number of hydrogen-bond donors (Lipinski definition) is 2. The highest BCUT2D eigenvalue weighted by Crippen LogP contribution is 2.27. The van der Waals surface area contributed by atoms with Crippen LogP contribution in [0.2, 0.25) is 0 Å². The highest BCUT2D eigenvalue weighted by atomic mass is 16.5. The predicted molar refractivity (Wildman–Crippen MR) is 120 cm³/mol. The Morgan fingerprint density at radius 1 is 1.23 bits per heavy atom. The molecule has 1 fully saturated rings. The maximum absolute atomic E-state index is 13.2. The lowest BCUT2D eigenvalue weighted by atomic mass is 10.1. The summed E-state index contributed by atoms with van der Waals surface area (Å²) < 4.78 is 6.93. The van der Waals surface area contributed by atoms with E-state index in [1.54, 1.807) is 41.1 Å². The molecule has 0 bridgehead atoms. The first-order valence-corrected chi connectivity index (χ1v) is 10.4. The molecule has 2 N–H and O–H groups in total. The summed E-state index contributed by atoms with van der Waals surface area (Å²) >= 11 is 0. The monoisotopic (exact) mass is 422 g/mol. The SMILES string of the molecule is CC(C)Cn1c(=O)c(C(=O)Nc2cc(N3CCOCC3)ccn2)c(O)c2ccccc21. The average molecular weight is 422 g/mol. The third-order valence-electron chi connectivity index (χ3n) is 5.28. The molecule has 8 heteroatoms. The van der Waals surface area contributed by atoms with Gasteiger partial charge in [-0.05, 0) is 24.1 Å². The fourth-order valence-electron chi connectivity index (χ4n) is 3.83. The third kappa shape index (κ3) is 4.25. The normalized spacial score (nSPS) is 14.2. The average Bonchev–Trinajstić information content (AvgIpc) is 2.77. The van der Waals surface area contributed by atoms with Crippen LogP contribution < -0.4 is 15.8 Å². The Hall–Kier alpha value is -3.39. The van der Waals surface area contributed by atoms with Gasteiger partial charge in [0, 0.05) is 43.0 Å². The summed E-state index contributed by atoms with van der Waals surface area (Å²) in [6, 6.07) is 10.7. The molecule has 2 aromatic heterocycles. The first kappa shape index (κ1) is 20.9. The van der Waals surface area contributed by atoms with Gasteiger partial charge in [0.15, 0.2) is 0 Å². The molecular weight excluding hydrogens is 396 g/mol. The smallest absolute Gasteiger partial charge is 0.267 e. The van der Waals surface area contributed by atoms with Gasteiger partial charge in [-0.15, -0.1) is 0 Å². The molecular formula is C23H26N4O4. The molecule has 0 radical (unpaired) electrons. The molecule has 0 aliphatic carbocycles. The van der Waals surface area contributed by atoms with E-state index in [0.29, 0.717) is 36.5 Å². The Morgan fingerprint density at radius 2 is 1.97 bits per heavy atom. The number of carbonyl (C=O) groups excluding carboxylic acids is 1. The summed E-state index contributed by atoms with van der Waals surface area (Å²) in [4.78, 5) is 32.6. The molecule has 4 rings (SSSR count). The Kier molecular flexibility index (Phi) is 5.90. The molecule has 1 saturated heterocycles. The van der Waals surface area contributed by atoms with Crippen LogP contribution in [0.4, 0.5) is 11.5 Å². The van der Waals surface area contributed by atoms with Crippen LogP contribution in [0.15, 0.2) is 47.4 Å². The third-order valence-corrected chi connectivity index (χ3v) is 5.28. The van der Waals surface area contributed by atoms with Crippen molar-refractivity contribution in [2.45, 2.75) is 20.4 Å². The number of benzene rings is 1. The number of nitrogens with zero attached hydrogens (tertiary/aromatic N) is 3. The summed E-state index contributed by atoms with van der Waals surface area (Å²) in [6.45, 7) is 7.22. The number of rotatable bonds is 5. The Morgan fingerprint density at radius 3 is 2.71 bits per heavy atom. The number of amides is 1. The van der Waals surface area contributed by atoms with Crippen molar-refractivity contribution in [1.29, 1.82) is 0 Å². The zero-order valence-electron chi connectivity index (χ0n) is 17.7. The summed E-state index contributed by atoms with van der Waals surface area (Å²) in [6.07, 6.45) is 1.61. The molecule has 1 amide bonds. The predicted octanol–water partition coefficient (Wildman–Crippen LogP) is 2.85. The topological polar surface area (TPSA) is 96.7 Å². The number of aromatic hydroxyl groups is 1. The molecule has 162 valence electrons. The van der Waals surface area contributed by atoms with Gasteiger partial charge >= 0.3 is 0 Å². The number of nitrogens with one attached hydrogen (secondary N) is 1. The van der Waals surface area contributed by atoms with E-state index in [4.69, 9.17) is 4.74 Å². The van der Waals surface area contributed by atoms with Gasteiger partial charge in [0.2, 0.25) is 0 Å². The minimum absolute atomic E-state index is 0.188. The zero-order valence-corrected chi connectivity index (χ0v) is 17.7. The van der Waals surface area contributed by atoms with Gasteiger partial charge in [-0.1, -0.05) is 26.0 Å². The van der Waals surface area contributed by atoms with Crippen molar-refractivity contribution in [2.24, 2.45) is 5.92 Å². The Balaban J connectivity index is 1.70. The largest absolute Gasteiger partial charge is 0.506 e. The van der Waals surface area contributed by atoms with Crippen molar-refractivity contribution in [1.82, 2.24) is 9.55 Å². The number of para-hydroxylation sites is 1. The van der Waals surface area contributed by atoms with E-state index < -0.39 is 11.5 Å². The first-order valence-electron chi connectivity index (χ1n) is 10.4. The second kappa shape index (κ2) is 8.77. The van der Waals surface area contributed by atoms with Gasteiger partial charge in [-0.3, -0.25) is 9.59 Å². The van der Waals surface area contributed by atoms with Gasteiger partial charge < -0.3 is 24.6 Å². The van der Waals surface area contributed by atoms with Crippen LogP contribution in [0.5, 0.6) is 5.75 Å². The standard InChI is InChI=1S/C23H26N4O4/c1-15(2)14-27-18-6-4-3-5-17(18)21(28)20(23(27)30)22(29)25-19-13-16(7-8-24-19)26-9-11-31-12-10-26/h3-8,13,15,28H,9-12,14H2,1-2H3,(H,24,25,29). The van der Waals surface area contributed by atoms with Crippen LogP contribution in [0.25, 0.3) is 10.9 Å². The first-order chi connectivity index (χ1) is 15.0. The van der Waals surface area contributed by atoms with E-state index in [1.165, 1.54) is 0 Å². The number of ether oxygens (including phenoxy) is 1. The number of pyridine rings is 2. The van der Waals surface area contributed by atoms with Crippen LogP contribution in [-0.4, -0.2) is 46.9 Å². The quantitative estimate of drug-likeness (QED) is 0.656. The molecule has 0 unspecified atom stereocenters. The number of morpholine rings is 1. The molecule has 31 heavy (non-hydrogen) atoms. The highest BCUT2D eigenvalue weighted by molar-refractivity contribution is 6.08.